The molecular weight excluding hydrogens is 240 g/mol. The van der Waals surface area contributed by atoms with Crippen LogP contribution in [-0.2, 0) is 11.3 Å². The van der Waals surface area contributed by atoms with E-state index in [1.807, 2.05) is 30.3 Å². The van der Waals surface area contributed by atoms with E-state index in [4.69, 9.17) is 10.5 Å². The lowest BCUT2D eigenvalue weighted by molar-refractivity contribution is 0.130. The molecule has 0 aliphatic heterocycles. The highest BCUT2D eigenvalue weighted by atomic mass is 16.5. The third-order valence-electron chi connectivity index (χ3n) is 3.66. The zero-order valence-electron chi connectivity index (χ0n) is 11.4. The lowest BCUT2D eigenvalue weighted by atomic mass is 9.82. The highest BCUT2D eigenvalue weighted by molar-refractivity contribution is 5.67. The summed E-state index contributed by atoms with van der Waals surface area (Å²) < 4.78 is 5.20. The smallest absolute Gasteiger partial charge is 0.407 e. The Kier molecular flexibility index (Phi) is 4.43. The predicted octanol–water partition coefficient (Wildman–Crippen LogP) is 2.57. The molecule has 1 aliphatic rings. The molecule has 0 aromatic heterocycles. The molecule has 1 aromatic rings. The highest BCUT2D eigenvalue weighted by Gasteiger charge is 2.28. The summed E-state index contributed by atoms with van der Waals surface area (Å²) in [4.78, 5) is 11.7. The SMILES string of the molecule is CC1(N)CCC(NC(=O)OCc2ccccc2)CC1. The van der Waals surface area contributed by atoms with E-state index in [0.717, 1.165) is 31.2 Å². The molecule has 1 aliphatic carbocycles. The summed E-state index contributed by atoms with van der Waals surface area (Å²) in [6, 6.07) is 9.87. The Bertz CT molecular complexity index is 407. The van der Waals surface area contributed by atoms with Crippen molar-refractivity contribution in [3.8, 4) is 0 Å². The second-order valence-corrected chi connectivity index (χ2v) is 5.63. The fourth-order valence-corrected chi connectivity index (χ4v) is 2.35. The number of nitrogens with one attached hydrogen (secondary N) is 1. The summed E-state index contributed by atoms with van der Waals surface area (Å²) in [6.45, 7) is 2.38. The van der Waals surface area contributed by atoms with Crippen LogP contribution < -0.4 is 11.1 Å². The Labute approximate surface area is 114 Å². The monoisotopic (exact) mass is 262 g/mol. The molecule has 4 nitrogen and oxygen atoms in total. The molecule has 104 valence electrons. The second kappa shape index (κ2) is 6.06. The lowest BCUT2D eigenvalue weighted by Crippen LogP contribution is -2.46. The van der Waals surface area contributed by atoms with Gasteiger partial charge in [-0.2, -0.15) is 0 Å². The van der Waals surface area contributed by atoms with E-state index in [9.17, 15) is 4.79 Å². The third-order valence-corrected chi connectivity index (χ3v) is 3.66. The normalized spacial score (nSPS) is 26.7. The molecule has 1 saturated carbocycles. The molecule has 1 fully saturated rings. The lowest BCUT2D eigenvalue weighted by Gasteiger charge is -2.34. The van der Waals surface area contributed by atoms with E-state index in [-0.39, 0.29) is 17.7 Å². The summed E-state index contributed by atoms with van der Waals surface area (Å²) in [5.41, 5.74) is 6.98. The van der Waals surface area contributed by atoms with E-state index in [1.165, 1.54) is 0 Å². The van der Waals surface area contributed by atoms with Gasteiger partial charge >= 0.3 is 6.09 Å². The number of hydrogen-bond acceptors (Lipinski definition) is 3. The zero-order chi connectivity index (χ0) is 13.7. The second-order valence-electron chi connectivity index (χ2n) is 5.63. The predicted molar refractivity (Wildman–Crippen MR) is 74.6 cm³/mol. The van der Waals surface area contributed by atoms with Gasteiger partial charge in [0.1, 0.15) is 6.61 Å². The molecule has 0 bridgehead atoms. The maximum Gasteiger partial charge on any atom is 0.407 e. The van der Waals surface area contributed by atoms with Gasteiger partial charge in [-0.1, -0.05) is 30.3 Å². The molecule has 2 rings (SSSR count). The minimum Gasteiger partial charge on any atom is -0.445 e. The van der Waals surface area contributed by atoms with Gasteiger partial charge in [0, 0.05) is 11.6 Å². The van der Waals surface area contributed by atoms with Gasteiger partial charge in [0.15, 0.2) is 0 Å². The van der Waals surface area contributed by atoms with Crippen LogP contribution >= 0.6 is 0 Å². The van der Waals surface area contributed by atoms with Crippen LogP contribution in [0.3, 0.4) is 0 Å². The fraction of sp³-hybridized carbons (Fsp3) is 0.533. The van der Waals surface area contributed by atoms with Crippen LogP contribution in [0.4, 0.5) is 4.79 Å². The maximum atomic E-state index is 11.7. The fourth-order valence-electron chi connectivity index (χ4n) is 2.35. The molecule has 1 aromatic carbocycles. The molecule has 0 unspecified atom stereocenters. The number of hydrogen-bond donors (Lipinski definition) is 2. The number of carbonyl (C=O) groups excluding carboxylic acids is 1. The quantitative estimate of drug-likeness (QED) is 0.880. The molecule has 0 saturated heterocycles. The summed E-state index contributed by atoms with van der Waals surface area (Å²) in [5.74, 6) is 0. The Hall–Kier alpha value is -1.55. The van der Waals surface area contributed by atoms with Gasteiger partial charge in [-0.25, -0.2) is 4.79 Å². The number of amides is 1. The highest BCUT2D eigenvalue weighted by Crippen LogP contribution is 2.25. The zero-order valence-corrected chi connectivity index (χ0v) is 11.4. The van der Waals surface area contributed by atoms with E-state index >= 15 is 0 Å². The largest absolute Gasteiger partial charge is 0.445 e. The Morgan fingerprint density at radius 3 is 2.63 bits per heavy atom. The first kappa shape index (κ1) is 13.9. The van der Waals surface area contributed by atoms with Crippen molar-refractivity contribution in [3.05, 3.63) is 35.9 Å². The summed E-state index contributed by atoms with van der Waals surface area (Å²) in [7, 11) is 0. The van der Waals surface area contributed by atoms with Crippen molar-refractivity contribution in [2.45, 2.75) is 50.8 Å². The van der Waals surface area contributed by atoms with Gasteiger partial charge in [-0.05, 0) is 38.2 Å². The van der Waals surface area contributed by atoms with Crippen molar-refractivity contribution >= 4 is 6.09 Å². The average molecular weight is 262 g/mol. The maximum absolute atomic E-state index is 11.7. The minimum atomic E-state index is -0.338. The summed E-state index contributed by atoms with van der Waals surface area (Å²) in [5, 5.41) is 2.91. The van der Waals surface area contributed by atoms with E-state index in [1.54, 1.807) is 0 Å². The van der Waals surface area contributed by atoms with Gasteiger partial charge in [-0.15, -0.1) is 0 Å². The number of ether oxygens (including phenoxy) is 1. The van der Waals surface area contributed by atoms with Gasteiger partial charge in [-0.3, -0.25) is 0 Å². The van der Waals surface area contributed by atoms with Crippen molar-refractivity contribution in [2.24, 2.45) is 5.73 Å². The molecule has 1 amide bonds. The molecule has 4 heteroatoms. The van der Waals surface area contributed by atoms with Crippen LogP contribution in [0.5, 0.6) is 0 Å². The van der Waals surface area contributed by atoms with Crippen molar-refractivity contribution in [2.75, 3.05) is 0 Å². The molecule has 3 N–H and O–H groups in total. The van der Waals surface area contributed by atoms with Gasteiger partial charge in [0.2, 0.25) is 0 Å². The van der Waals surface area contributed by atoms with Crippen LogP contribution in [0.15, 0.2) is 30.3 Å². The molecule has 0 atom stereocenters. The molecule has 19 heavy (non-hydrogen) atoms. The standard InChI is InChI=1S/C15H22N2O2/c1-15(16)9-7-13(8-10-15)17-14(18)19-11-12-5-3-2-4-6-12/h2-6,13H,7-11,16H2,1H3,(H,17,18). The van der Waals surface area contributed by atoms with Crippen molar-refractivity contribution in [1.29, 1.82) is 0 Å². The van der Waals surface area contributed by atoms with E-state index in [2.05, 4.69) is 12.2 Å². The van der Waals surface area contributed by atoms with E-state index in [0.29, 0.717) is 6.61 Å². The number of rotatable bonds is 3. The summed E-state index contributed by atoms with van der Waals surface area (Å²) in [6.07, 6.45) is 3.39. The molecule has 0 heterocycles. The van der Waals surface area contributed by atoms with Gasteiger partial charge in [0.25, 0.3) is 0 Å². The molecule has 0 spiro atoms. The topological polar surface area (TPSA) is 64.3 Å². The van der Waals surface area contributed by atoms with Gasteiger partial charge < -0.3 is 15.8 Å². The van der Waals surface area contributed by atoms with Crippen LogP contribution in [0.1, 0.15) is 38.2 Å². The van der Waals surface area contributed by atoms with Crippen LogP contribution in [-0.4, -0.2) is 17.7 Å². The first-order valence-electron chi connectivity index (χ1n) is 6.81. The minimum absolute atomic E-state index is 0.0773. The first-order chi connectivity index (χ1) is 9.05. The van der Waals surface area contributed by atoms with Crippen LogP contribution in [0.2, 0.25) is 0 Å². The van der Waals surface area contributed by atoms with Gasteiger partial charge in [0.05, 0.1) is 0 Å². The number of benzene rings is 1. The molecular formula is C15H22N2O2. The third kappa shape index (κ3) is 4.56. The van der Waals surface area contributed by atoms with Crippen molar-refractivity contribution in [3.63, 3.8) is 0 Å². The average Bonchev–Trinajstić information content (AvgIpc) is 2.40. The summed E-state index contributed by atoms with van der Waals surface area (Å²) >= 11 is 0. The Balaban J connectivity index is 1.70. The number of nitrogens with two attached hydrogens (primary N) is 1. The van der Waals surface area contributed by atoms with Crippen molar-refractivity contribution in [1.82, 2.24) is 5.32 Å². The molecule has 0 radical (unpaired) electrons. The Morgan fingerprint density at radius 1 is 1.37 bits per heavy atom. The van der Waals surface area contributed by atoms with E-state index < -0.39 is 0 Å². The Morgan fingerprint density at radius 2 is 2.00 bits per heavy atom. The number of alkyl carbamates (subject to hydrolysis) is 1. The van der Waals surface area contributed by atoms with Crippen LogP contribution in [0.25, 0.3) is 0 Å². The van der Waals surface area contributed by atoms with Crippen LogP contribution in [0, 0.1) is 0 Å². The first-order valence-corrected chi connectivity index (χ1v) is 6.81. The number of carbonyl (C=O) groups is 1. The van der Waals surface area contributed by atoms with Crippen molar-refractivity contribution < 1.29 is 9.53 Å².